The van der Waals surface area contributed by atoms with Gasteiger partial charge in [0.05, 0.1) is 16.6 Å². The molecular formula is C21H21N3OS. The Morgan fingerprint density at radius 3 is 2.65 bits per heavy atom. The highest BCUT2D eigenvalue weighted by molar-refractivity contribution is 8.01. The maximum Gasteiger partial charge on any atom is 0.234 e. The van der Waals surface area contributed by atoms with E-state index >= 15 is 0 Å². The number of rotatable bonds is 4. The number of nitrogens with zero attached hydrogens (tertiary/aromatic N) is 2. The van der Waals surface area contributed by atoms with Crippen LogP contribution in [0.15, 0.2) is 59.5 Å². The van der Waals surface area contributed by atoms with Crippen LogP contribution in [0.4, 0.5) is 0 Å². The van der Waals surface area contributed by atoms with Crippen molar-refractivity contribution in [2.45, 2.75) is 37.0 Å². The summed E-state index contributed by atoms with van der Waals surface area (Å²) >= 11 is 1.66. The highest BCUT2D eigenvalue weighted by Gasteiger charge is 2.28. The third-order valence-electron chi connectivity index (χ3n) is 4.82. The third-order valence-corrected chi connectivity index (χ3v) is 6.14. The minimum atomic E-state index is -0.0443. The second-order valence-corrected chi connectivity index (χ2v) is 7.78. The molecule has 0 fully saturated rings. The van der Waals surface area contributed by atoms with E-state index in [4.69, 9.17) is 0 Å². The first-order valence-corrected chi connectivity index (χ1v) is 9.64. The number of nitrogens with one attached hydrogen (secondary N) is 1. The molecule has 1 atom stereocenters. The molecule has 0 saturated heterocycles. The van der Waals surface area contributed by atoms with Gasteiger partial charge in [-0.05, 0) is 44.0 Å². The van der Waals surface area contributed by atoms with Crippen LogP contribution >= 0.6 is 11.8 Å². The van der Waals surface area contributed by atoms with Crippen LogP contribution in [0.5, 0.6) is 0 Å². The lowest BCUT2D eigenvalue weighted by Crippen LogP contribution is -2.32. The molecule has 4 rings (SSSR count). The van der Waals surface area contributed by atoms with E-state index in [1.165, 1.54) is 10.5 Å². The minimum Gasteiger partial charge on any atom is -0.351 e. The highest BCUT2D eigenvalue weighted by Crippen LogP contribution is 2.36. The van der Waals surface area contributed by atoms with Crippen molar-refractivity contribution in [3.05, 3.63) is 77.1 Å². The van der Waals surface area contributed by atoms with Gasteiger partial charge in [-0.2, -0.15) is 5.10 Å². The maximum absolute atomic E-state index is 12.6. The fourth-order valence-electron chi connectivity index (χ4n) is 3.37. The molecule has 0 saturated carbocycles. The lowest BCUT2D eigenvalue weighted by molar-refractivity contribution is -0.120. The average Bonchev–Trinajstić information content (AvgIpc) is 3.22. The molecular weight excluding hydrogens is 342 g/mol. The Balaban J connectivity index is 1.46. The van der Waals surface area contributed by atoms with Gasteiger partial charge in [0, 0.05) is 22.7 Å². The number of benzene rings is 2. The van der Waals surface area contributed by atoms with E-state index < -0.39 is 0 Å². The van der Waals surface area contributed by atoms with Gasteiger partial charge in [0.1, 0.15) is 0 Å². The molecule has 1 aliphatic rings. The lowest BCUT2D eigenvalue weighted by Gasteiger charge is -2.10. The molecule has 1 aromatic heterocycles. The summed E-state index contributed by atoms with van der Waals surface area (Å²) in [6, 6.07) is 18.3. The Morgan fingerprint density at radius 1 is 1.15 bits per heavy atom. The van der Waals surface area contributed by atoms with Gasteiger partial charge >= 0.3 is 0 Å². The zero-order chi connectivity index (χ0) is 18.1. The second kappa shape index (κ2) is 7.00. The van der Waals surface area contributed by atoms with E-state index in [0.717, 1.165) is 29.1 Å². The molecule has 0 bridgehead atoms. The number of hydrogen-bond donors (Lipinski definition) is 1. The van der Waals surface area contributed by atoms with E-state index in [9.17, 15) is 4.79 Å². The molecule has 0 radical (unpaired) electrons. The fourth-order valence-corrected chi connectivity index (χ4v) is 4.59. The number of carbonyl (C=O) groups is 1. The summed E-state index contributed by atoms with van der Waals surface area (Å²) in [5.41, 5.74) is 5.41. The van der Waals surface area contributed by atoms with Gasteiger partial charge in [0.15, 0.2) is 0 Å². The summed E-state index contributed by atoms with van der Waals surface area (Å²) < 4.78 is 1.94. The molecule has 1 amide bonds. The molecule has 132 valence electrons. The quantitative estimate of drug-likeness (QED) is 0.766. The number of aromatic nitrogens is 2. The first-order chi connectivity index (χ1) is 12.6. The van der Waals surface area contributed by atoms with Crippen LogP contribution < -0.4 is 5.32 Å². The van der Waals surface area contributed by atoms with Crippen LogP contribution in [0.3, 0.4) is 0 Å². The summed E-state index contributed by atoms with van der Waals surface area (Å²) in [6.45, 7) is 4.56. The monoisotopic (exact) mass is 363 g/mol. The van der Waals surface area contributed by atoms with E-state index in [2.05, 4.69) is 29.5 Å². The number of thioether (sulfide) groups is 1. The fraction of sp³-hybridized carbons (Fsp3) is 0.238. The topological polar surface area (TPSA) is 46.9 Å². The van der Waals surface area contributed by atoms with Crippen LogP contribution in [0, 0.1) is 13.8 Å². The molecule has 1 N–H and O–H groups in total. The van der Waals surface area contributed by atoms with Gasteiger partial charge in [-0.25, -0.2) is 4.68 Å². The molecule has 1 unspecified atom stereocenters. The molecule has 5 heteroatoms. The SMILES string of the molecule is Cc1nn(-c2ccccc2)c(C)c1CNC(=O)C1Cc2ccccc2S1. The summed E-state index contributed by atoms with van der Waals surface area (Å²) in [6.07, 6.45) is 0.800. The average molecular weight is 363 g/mol. The number of aryl methyl sites for hydroxylation is 1. The van der Waals surface area contributed by atoms with Crippen LogP contribution in [-0.4, -0.2) is 20.9 Å². The Kier molecular flexibility index (Phi) is 4.55. The molecule has 0 aliphatic carbocycles. The van der Waals surface area contributed by atoms with Crippen molar-refractivity contribution in [2.24, 2.45) is 0 Å². The predicted molar refractivity (Wildman–Crippen MR) is 105 cm³/mol. The Morgan fingerprint density at radius 2 is 1.88 bits per heavy atom. The summed E-state index contributed by atoms with van der Waals surface area (Å²) in [7, 11) is 0. The van der Waals surface area contributed by atoms with Crippen molar-refractivity contribution in [1.82, 2.24) is 15.1 Å². The maximum atomic E-state index is 12.6. The summed E-state index contributed by atoms with van der Waals surface area (Å²) in [5.74, 6) is 0.0949. The van der Waals surface area contributed by atoms with E-state index in [-0.39, 0.29) is 11.2 Å². The minimum absolute atomic E-state index is 0.0443. The van der Waals surface area contributed by atoms with E-state index in [1.54, 1.807) is 11.8 Å². The van der Waals surface area contributed by atoms with Crippen LogP contribution in [0.1, 0.15) is 22.5 Å². The van der Waals surface area contributed by atoms with Gasteiger partial charge < -0.3 is 5.32 Å². The Bertz CT molecular complexity index is 924. The highest BCUT2D eigenvalue weighted by atomic mass is 32.2. The van der Waals surface area contributed by atoms with E-state index in [0.29, 0.717) is 6.54 Å². The number of carbonyl (C=O) groups excluding carboxylic acids is 1. The van der Waals surface area contributed by atoms with Crippen molar-refractivity contribution >= 4 is 17.7 Å². The van der Waals surface area contributed by atoms with Crippen molar-refractivity contribution in [2.75, 3.05) is 0 Å². The standard InChI is InChI=1S/C21H21N3OS/c1-14-18(15(2)24(23-14)17-9-4-3-5-10-17)13-22-21(25)20-12-16-8-6-7-11-19(16)26-20/h3-11,20H,12-13H2,1-2H3,(H,22,25). The Labute approximate surface area is 157 Å². The molecule has 3 aromatic rings. The number of fused-ring (bicyclic) bond motifs is 1. The number of para-hydroxylation sites is 1. The lowest BCUT2D eigenvalue weighted by atomic mass is 10.1. The summed E-state index contributed by atoms with van der Waals surface area (Å²) in [5, 5.41) is 7.71. The number of hydrogen-bond acceptors (Lipinski definition) is 3. The van der Waals surface area contributed by atoms with E-state index in [1.807, 2.05) is 54.1 Å². The predicted octanol–water partition coefficient (Wildman–Crippen LogP) is 3.82. The second-order valence-electron chi connectivity index (χ2n) is 6.53. The Hall–Kier alpha value is -2.53. The molecule has 2 aromatic carbocycles. The van der Waals surface area contributed by atoms with Crippen molar-refractivity contribution in [3.63, 3.8) is 0 Å². The van der Waals surface area contributed by atoms with Gasteiger partial charge in [0.25, 0.3) is 0 Å². The normalized spacial score (nSPS) is 15.7. The molecule has 4 nitrogen and oxygen atoms in total. The van der Waals surface area contributed by atoms with Crippen LogP contribution in [-0.2, 0) is 17.8 Å². The molecule has 1 aliphatic heterocycles. The molecule has 0 spiro atoms. The summed E-state index contributed by atoms with van der Waals surface area (Å²) in [4.78, 5) is 13.8. The largest absolute Gasteiger partial charge is 0.351 e. The van der Waals surface area contributed by atoms with Gasteiger partial charge in [-0.1, -0.05) is 36.4 Å². The zero-order valence-electron chi connectivity index (χ0n) is 14.9. The first kappa shape index (κ1) is 16.9. The van der Waals surface area contributed by atoms with Gasteiger partial charge in [0.2, 0.25) is 5.91 Å². The van der Waals surface area contributed by atoms with Crippen molar-refractivity contribution in [3.8, 4) is 5.69 Å². The molecule has 26 heavy (non-hydrogen) atoms. The zero-order valence-corrected chi connectivity index (χ0v) is 15.7. The van der Waals surface area contributed by atoms with Crippen LogP contribution in [0.25, 0.3) is 5.69 Å². The van der Waals surface area contributed by atoms with Crippen molar-refractivity contribution < 1.29 is 4.79 Å². The van der Waals surface area contributed by atoms with Crippen molar-refractivity contribution in [1.29, 1.82) is 0 Å². The molecule has 2 heterocycles. The third kappa shape index (κ3) is 3.15. The van der Waals surface area contributed by atoms with Gasteiger partial charge in [-0.3, -0.25) is 4.79 Å². The first-order valence-electron chi connectivity index (χ1n) is 8.76. The number of amides is 1. The van der Waals surface area contributed by atoms with Gasteiger partial charge in [-0.15, -0.1) is 11.8 Å². The van der Waals surface area contributed by atoms with Crippen LogP contribution in [0.2, 0.25) is 0 Å². The smallest absolute Gasteiger partial charge is 0.234 e.